The largest absolute Gasteiger partial charge is 0.481 e. The van der Waals surface area contributed by atoms with Gasteiger partial charge in [0.25, 0.3) is 11.6 Å². The Morgan fingerprint density at radius 1 is 1.14 bits per heavy atom. The van der Waals surface area contributed by atoms with E-state index in [1.54, 1.807) is 26.0 Å². The lowest BCUT2D eigenvalue weighted by Crippen LogP contribution is -2.24. The van der Waals surface area contributed by atoms with Crippen LogP contribution < -0.4 is 10.1 Å². The van der Waals surface area contributed by atoms with Gasteiger partial charge in [0.05, 0.1) is 10.5 Å². The molecular formula is C19H18N2O7. The number of benzene rings is 2. The van der Waals surface area contributed by atoms with Gasteiger partial charge in [-0.05, 0) is 43.2 Å². The first-order chi connectivity index (χ1) is 13.3. The number of aldehydes is 1. The number of nitrogens with one attached hydrogen (secondary N) is 1. The summed E-state index contributed by atoms with van der Waals surface area (Å²) in [5.41, 5.74) is 1.51. The first-order valence-corrected chi connectivity index (χ1v) is 8.20. The van der Waals surface area contributed by atoms with Crippen LogP contribution in [-0.2, 0) is 14.3 Å². The van der Waals surface area contributed by atoms with Crippen molar-refractivity contribution in [2.24, 2.45) is 0 Å². The Labute approximate surface area is 160 Å². The number of anilines is 1. The van der Waals surface area contributed by atoms with Crippen LogP contribution >= 0.6 is 0 Å². The third-order valence-electron chi connectivity index (χ3n) is 3.84. The number of hydrogen-bond donors (Lipinski definition) is 1. The summed E-state index contributed by atoms with van der Waals surface area (Å²) in [5, 5.41) is 13.5. The number of ether oxygens (including phenoxy) is 2. The maximum Gasteiger partial charge on any atom is 0.344 e. The summed E-state index contributed by atoms with van der Waals surface area (Å²) in [6.45, 7) is 2.34. The number of carbonyl (C=O) groups excluding carboxylic acids is 3. The highest BCUT2D eigenvalue weighted by atomic mass is 16.6. The van der Waals surface area contributed by atoms with Crippen LogP contribution in [-0.4, -0.2) is 36.3 Å². The van der Waals surface area contributed by atoms with Crippen LogP contribution in [0.25, 0.3) is 0 Å². The van der Waals surface area contributed by atoms with Crippen molar-refractivity contribution < 1.29 is 28.8 Å². The standard InChI is InChI=1S/C19H18N2O7/c1-12-7-15(16(21(25)26)8-13(12)2)20-18(23)10-28-19(24)11-27-17-6-4-3-5-14(17)9-22/h3-9H,10-11H2,1-2H3,(H,20,23). The molecule has 2 aromatic carbocycles. The van der Waals surface area contributed by atoms with Gasteiger partial charge < -0.3 is 14.8 Å². The average molecular weight is 386 g/mol. The van der Waals surface area contributed by atoms with E-state index in [9.17, 15) is 24.5 Å². The molecule has 2 rings (SSSR count). The van der Waals surface area contributed by atoms with Gasteiger partial charge in [-0.3, -0.25) is 19.7 Å². The molecule has 0 aromatic heterocycles. The van der Waals surface area contributed by atoms with Gasteiger partial charge in [0, 0.05) is 6.07 Å². The molecule has 146 valence electrons. The molecule has 1 N–H and O–H groups in total. The predicted molar refractivity (Wildman–Crippen MR) is 99.5 cm³/mol. The summed E-state index contributed by atoms with van der Waals surface area (Å²) < 4.78 is 9.98. The molecule has 1 amide bonds. The minimum atomic E-state index is -0.828. The predicted octanol–water partition coefficient (Wildman–Crippen LogP) is 2.58. The van der Waals surface area contributed by atoms with Gasteiger partial charge in [0.15, 0.2) is 19.5 Å². The molecular weight excluding hydrogens is 368 g/mol. The molecule has 0 heterocycles. The zero-order valence-electron chi connectivity index (χ0n) is 15.3. The molecule has 0 aliphatic heterocycles. The van der Waals surface area contributed by atoms with Gasteiger partial charge in [-0.25, -0.2) is 4.79 Å². The Hall–Kier alpha value is -3.75. The number of hydrogen-bond acceptors (Lipinski definition) is 7. The molecule has 0 bridgehead atoms. The van der Waals surface area contributed by atoms with E-state index in [2.05, 4.69) is 5.32 Å². The van der Waals surface area contributed by atoms with Gasteiger partial charge in [0.1, 0.15) is 11.4 Å². The Bertz CT molecular complexity index is 924. The molecule has 0 saturated heterocycles. The third kappa shape index (κ3) is 5.37. The summed E-state index contributed by atoms with van der Waals surface area (Å²) in [5.74, 6) is -1.34. The molecule has 0 saturated carbocycles. The Morgan fingerprint density at radius 3 is 2.50 bits per heavy atom. The van der Waals surface area contributed by atoms with Crippen molar-refractivity contribution in [3.8, 4) is 5.75 Å². The van der Waals surface area contributed by atoms with Crippen molar-refractivity contribution in [1.82, 2.24) is 0 Å². The number of amides is 1. The Kier molecular flexibility index (Phi) is 6.80. The maximum absolute atomic E-state index is 12.0. The molecule has 0 fully saturated rings. The van der Waals surface area contributed by atoms with Crippen LogP contribution in [0.2, 0.25) is 0 Å². The summed E-state index contributed by atoms with van der Waals surface area (Å²) in [6, 6.07) is 9.16. The fraction of sp³-hybridized carbons (Fsp3) is 0.211. The normalized spacial score (nSPS) is 10.1. The summed E-state index contributed by atoms with van der Waals surface area (Å²) in [4.78, 5) is 45.1. The fourth-order valence-corrected chi connectivity index (χ4v) is 2.27. The molecule has 0 unspecified atom stereocenters. The van der Waals surface area contributed by atoms with Gasteiger partial charge in [0.2, 0.25) is 0 Å². The smallest absolute Gasteiger partial charge is 0.344 e. The molecule has 0 spiro atoms. The van der Waals surface area contributed by atoms with Gasteiger partial charge in [-0.15, -0.1) is 0 Å². The lowest BCUT2D eigenvalue weighted by Gasteiger charge is -2.10. The number of carbonyl (C=O) groups is 3. The fourth-order valence-electron chi connectivity index (χ4n) is 2.27. The van der Waals surface area contributed by atoms with E-state index in [1.807, 2.05) is 0 Å². The monoisotopic (exact) mass is 386 g/mol. The van der Waals surface area contributed by atoms with Crippen LogP contribution in [0.4, 0.5) is 11.4 Å². The van der Waals surface area contributed by atoms with Crippen LogP contribution in [0, 0.1) is 24.0 Å². The van der Waals surface area contributed by atoms with Crippen molar-refractivity contribution in [2.75, 3.05) is 18.5 Å². The molecule has 0 aliphatic rings. The number of para-hydroxylation sites is 1. The first kappa shape index (κ1) is 20.6. The zero-order chi connectivity index (χ0) is 20.7. The highest BCUT2D eigenvalue weighted by molar-refractivity contribution is 5.95. The summed E-state index contributed by atoms with van der Waals surface area (Å²) in [6.07, 6.45) is 0.588. The van der Waals surface area contributed by atoms with E-state index in [-0.39, 0.29) is 22.7 Å². The molecule has 0 radical (unpaired) electrons. The number of esters is 1. The van der Waals surface area contributed by atoms with Gasteiger partial charge in [-0.1, -0.05) is 12.1 Å². The first-order valence-electron chi connectivity index (χ1n) is 8.20. The maximum atomic E-state index is 12.0. The third-order valence-corrected chi connectivity index (χ3v) is 3.84. The van der Waals surface area contributed by atoms with E-state index in [0.29, 0.717) is 11.8 Å². The van der Waals surface area contributed by atoms with Crippen molar-refractivity contribution in [1.29, 1.82) is 0 Å². The van der Waals surface area contributed by atoms with Crippen LogP contribution in [0.15, 0.2) is 36.4 Å². The van der Waals surface area contributed by atoms with Crippen LogP contribution in [0.5, 0.6) is 5.75 Å². The second-order valence-corrected chi connectivity index (χ2v) is 5.86. The SMILES string of the molecule is Cc1cc(NC(=O)COC(=O)COc2ccccc2C=O)c([N+](=O)[O-])cc1C. The number of nitro benzene ring substituents is 1. The molecule has 2 aromatic rings. The average Bonchev–Trinajstić information content (AvgIpc) is 2.67. The highest BCUT2D eigenvalue weighted by Crippen LogP contribution is 2.27. The number of aryl methyl sites for hydroxylation is 2. The van der Waals surface area contributed by atoms with Gasteiger partial charge in [-0.2, -0.15) is 0 Å². The Morgan fingerprint density at radius 2 is 1.82 bits per heavy atom. The van der Waals surface area contributed by atoms with E-state index in [1.165, 1.54) is 24.3 Å². The molecule has 0 atom stereocenters. The van der Waals surface area contributed by atoms with Crippen molar-refractivity contribution in [3.63, 3.8) is 0 Å². The topological polar surface area (TPSA) is 125 Å². The van der Waals surface area contributed by atoms with Gasteiger partial charge >= 0.3 is 5.97 Å². The second-order valence-electron chi connectivity index (χ2n) is 5.86. The minimum Gasteiger partial charge on any atom is -0.481 e. The highest BCUT2D eigenvalue weighted by Gasteiger charge is 2.18. The van der Waals surface area contributed by atoms with Crippen molar-refractivity contribution >= 4 is 29.5 Å². The van der Waals surface area contributed by atoms with Crippen molar-refractivity contribution in [3.05, 3.63) is 63.2 Å². The summed E-state index contributed by atoms with van der Waals surface area (Å²) >= 11 is 0. The van der Waals surface area contributed by atoms with Crippen molar-refractivity contribution in [2.45, 2.75) is 13.8 Å². The minimum absolute atomic E-state index is 0.0188. The van der Waals surface area contributed by atoms with Crippen LogP contribution in [0.1, 0.15) is 21.5 Å². The molecule has 9 nitrogen and oxygen atoms in total. The number of rotatable bonds is 8. The lowest BCUT2D eigenvalue weighted by molar-refractivity contribution is -0.384. The van der Waals surface area contributed by atoms with E-state index in [4.69, 9.17) is 9.47 Å². The molecule has 28 heavy (non-hydrogen) atoms. The van der Waals surface area contributed by atoms with E-state index >= 15 is 0 Å². The lowest BCUT2D eigenvalue weighted by atomic mass is 10.1. The number of nitrogens with zero attached hydrogens (tertiary/aromatic N) is 1. The second kappa shape index (κ2) is 9.26. The zero-order valence-corrected chi connectivity index (χ0v) is 15.3. The number of nitro groups is 1. The van der Waals surface area contributed by atoms with E-state index < -0.39 is 30.0 Å². The molecule has 9 heteroatoms. The van der Waals surface area contributed by atoms with Crippen LogP contribution in [0.3, 0.4) is 0 Å². The summed E-state index contributed by atoms with van der Waals surface area (Å²) in [7, 11) is 0. The Balaban J connectivity index is 1.90. The quantitative estimate of drug-likeness (QED) is 0.320. The van der Waals surface area contributed by atoms with E-state index in [0.717, 1.165) is 5.56 Å². The molecule has 0 aliphatic carbocycles.